The average Bonchev–Trinajstić information content (AvgIpc) is 3.10. The lowest BCUT2D eigenvalue weighted by Gasteiger charge is -2.24. The van der Waals surface area contributed by atoms with Gasteiger partial charge in [-0.1, -0.05) is 17.3 Å². The number of rotatable bonds is 5. The molecule has 1 amide bonds. The molecule has 1 aromatic carbocycles. The first-order chi connectivity index (χ1) is 11.7. The van der Waals surface area contributed by atoms with Gasteiger partial charge in [-0.05, 0) is 31.4 Å². The lowest BCUT2D eigenvalue weighted by Crippen LogP contribution is -2.37. The first-order valence-corrected chi connectivity index (χ1v) is 8.32. The van der Waals surface area contributed by atoms with Crippen LogP contribution in [-0.2, 0) is 4.74 Å². The summed E-state index contributed by atoms with van der Waals surface area (Å²) in [5, 5.41) is 3.88. The molecule has 2 heterocycles. The fourth-order valence-electron chi connectivity index (χ4n) is 3.10. The van der Waals surface area contributed by atoms with Crippen LogP contribution in [-0.4, -0.2) is 41.8 Å². The molecule has 5 nitrogen and oxygen atoms in total. The molecule has 1 unspecified atom stereocenters. The molecule has 1 aliphatic heterocycles. The third kappa shape index (κ3) is 3.06. The zero-order valence-corrected chi connectivity index (χ0v) is 13.3. The van der Waals surface area contributed by atoms with Gasteiger partial charge in [0.15, 0.2) is 11.5 Å². The minimum absolute atomic E-state index is 0.143. The lowest BCUT2D eigenvalue weighted by molar-refractivity contribution is 0.0696. The van der Waals surface area contributed by atoms with Crippen LogP contribution in [0.25, 0.3) is 11.3 Å². The Kier molecular flexibility index (Phi) is 4.06. The standard InChI is InChI=1S/C18H19FN2O3/c19-15-4-2-1-3-14(15)17-9-16(20-24-17)18(22)21(13-5-6-13)10-12-7-8-23-11-12/h1-4,9,12-13H,5-8,10-11H2. The highest BCUT2D eigenvalue weighted by Crippen LogP contribution is 2.31. The number of aromatic nitrogens is 1. The molecule has 0 N–H and O–H groups in total. The van der Waals surface area contributed by atoms with Crippen molar-refractivity contribution in [1.82, 2.24) is 10.1 Å². The minimum Gasteiger partial charge on any atom is -0.381 e. The van der Waals surface area contributed by atoms with E-state index in [-0.39, 0.29) is 23.4 Å². The molecule has 0 radical (unpaired) electrons. The van der Waals surface area contributed by atoms with Crippen molar-refractivity contribution in [2.24, 2.45) is 5.92 Å². The molecular formula is C18H19FN2O3. The zero-order valence-electron chi connectivity index (χ0n) is 13.3. The van der Waals surface area contributed by atoms with Crippen molar-refractivity contribution in [1.29, 1.82) is 0 Å². The minimum atomic E-state index is -0.394. The first kappa shape index (κ1) is 15.3. The molecule has 126 valence electrons. The Balaban J connectivity index is 1.54. The normalized spacial score (nSPS) is 20.3. The van der Waals surface area contributed by atoms with Crippen LogP contribution in [0.4, 0.5) is 4.39 Å². The lowest BCUT2D eigenvalue weighted by atomic mass is 10.1. The molecule has 1 atom stereocenters. The summed E-state index contributed by atoms with van der Waals surface area (Å²) in [5.41, 5.74) is 0.547. The Bertz CT molecular complexity index is 735. The third-order valence-corrected chi connectivity index (χ3v) is 4.60. The summed E-state index contributed by atoms with van der Waals surface area (Å²) in [6, 6.07) is 8.11. The van der Waals surface area contributed by atoms with Crippen LogP contribution >= 0.6 is 0 Å². The van der Waals surface area contributed by atoms with E-state index in [9.17, 15) is 9.18 Å². The fraction of sp³-hybridized carbons (Fsp3) is 0.444. The summed E-state index contributed by atoms with van der Waals surface area (Å²) in [6.45, 7) is 2.15. The van der Waals surface area contributed by atoms with Crippen LogP contribution in [0.2, 0.25) is 0 Å². The summed E-state index contributed by atoms with van der Waals surface area (Å²) in [6.07, 6.45) is 3.03. The van der Waals surface area contributed by atoms with Crippen molar-refractivity contribution in [3.05, 3.63) is 41.8 Å². The first-order valence-electron chi connectivity index (χ1n) is 8.32. The molecule has 0 bridgehead atoms. The maximum Gasteiger partial charge on any atom is 0.276 e. The SMILES string of the molecule is O=C(c1cc(-c2ccccc2F)on1)N(CC1CCOC1)C1CC1. The van der Waals surface area contributed by atoms with E-state index in [0.717, 1.165) is 25.9 Å². The van der Waals surface area contributed by atoms with Crippen molar-refractivity contribution in [3.8, 4) is 11.3 Å². The molecule has 2 aromatic rings. The van der Waals surface area contributed by atoms with Crippen LogP contribution in [0.1, 0.15) is 29.8 Å². The van der Waals surface area contributed by atoms with Gasteiger partial charge in [-0.3, -0.25) is 4.79 Å². The summed E-state index contributed by atoms with van der Waals surface area (Å²) in [4.78, 5) is 14.7. The Labute approximate surface area is 139 Å². The smallest absolute Gasteiger partial charge is 0.276 e. The molecule has 1 aromatic heterocycles. The Morgan fingerprint density at radius 2 is 2.12 bits per heavy atom. The monoisotopic (exact) mass is 330 g/mol. The van der Waals surface area contributed by atoms with Crippen molar-refractivity contribution in [3.63, 3.8) is 0 Å². The van der Waals surface area contributed by atoms with Gasteiger partial charge in [-0.25, -0.2) is 4.39 Å². The van der Waals surface area contributed by atoms with Gasteiger partial charge < -0.3 is 14.2 Å². The van der Waals surface area contributed by atoms with E-state index in [2.05, 4.69) is 5.16 Å². The molecule has 2 aliphatic rings. The number of hydrogen-bond donors (Lipinski definition) is 0. The summed E-state index contributed by atoms with van der Waals surface area (Å²) in [5.74, 6) is 0.120. The molecule has 24 heavy (non-hydrogen) atoms. The van der Waals surface area contributed by atoms with Crippen molar-refractivity contribution >= 4 is 5.91 Å². The number of ether oxygens (including phenoxy) is 1. The number of nitrogens with zero attached hydrogens (tertiary/aromatic N) is 2. The van der Waals surface area contributed by atoms with E-state index < -0.39 is 5.82 Å². The van der Waals surface area contributed by atoms with Gasteiger partial charge in [0, 0.05) is 31.2 Å². The van der Waals surface area contributed by atoms with Crippen LogP contribution in [0, 0.1) is 11.7 Å². The highest BCUT2D eigenvalue weighted by atomic mass is 19.1. The van der Waals surface area contributed by atoms with Gasteiger partial charge in [-0.15, -0.1) is 0 Å². The molecule has 1 saturated carbocycles. The van der Waals surface area contributed by atoms with Crippen molar-refractivity contribution < 1.29 is 18.4 Å². The van der Waals surface area contributed by atoms with Gasteiger partial charge >= 0.3 is 0 Å². The number of carbonyl (C=O) groups is 1. The van der Waals surface area contributed by atoms with E-state index in [4.69, 9.17) is 9.26 Å². The van der Waals surface area contributed by atoms with Crippen molar-refractivity contribution in [2.45, 2.75) is 25.3 Å². The molecule has 1 saturated heterocycles. The van der Waals surface area contributed by atoms with E-state index >= 15 is 0 Å². The number of halogens is 1. The Morgan fingerprint density at radius 3 is 2.83 bits per heavy atom. The molecule has 6 heteroatoms. The van der Waals surface area contributed by atoms with Gasteiger partial charge in [0.2, 0.25) is 0 Å². The quantitative estimate of drug-likeness (QED) is 0.845. The summed E-state index contributed by atoms with van der Waals surface area (Å²) in [7, 11) is 0. The highest BCUT2D eigenvalue weighted by molar-refractivity contribution is 5.93. The second kappa shape index (κ2) is 6.36. The largest absolute Gasteiger partial charge is 0.381 e. The molecule has 1 aliphatic carbocycles. The van der Waals surface area contributed by atoms with Gasteiger partial charge in [0.25, 0.3) is 5.91 Å². The van der Waals surface area contributed by atoms with Crippen LogP contribution in [0.5, 0.6) is 0 Å². The van der Waals surface area contributed by atoms with Crippen LogP contribution in [0.15, 0.2) is 34.9 Å². The van der Waals surface area contributed by atoms with E-state index in [1.165, 1.54) is 12.1 Å². The third-order valence-electron chi connectivity index (χ3n) is 4.60. The van der Waals surface area contributed by atoms with E-state index in [1.54, 1.807) is 18.2 Å². The second-order valence-electron chi connectivity index (χ2n) is 6.47. The molecular weight excluding hydrogens is 311 g/mol. The Hall–Kier alpha value is -2.21. The summed E-state index contributed by atoms with van der Waals surface area (Å²) >= 11 is 0. The average molecular weight is 330 g/mol. The number of benzene rings is 1. The van der Waals surface area contributed by atoms with Crippen molar-refractivity contribution in [2.75, 3.05) is 19.8 Å². The predicted octanol–water partition coefficient (Wildman–Crippen LogP) is 3.12. The predicted molar refractivity (Wildman–Crippen MR) is 84.9 cm³/mol. The Morgan fingerprint density at radius 1 is 1.29 bits per heavy atom. The highest BCUT2D eigenvalue weighted by Gasteiger charge is 2.36. The number of amides is 1. The maximum atomic E-state index is 13.9. The summed E-state index contributed by atoms with van der Waals surface area (Å²) < 4.78 is 24.5. The van der Waals surface area contributed by atoms with Crippen LogP contribution < -0.4 is 0 Å². The molecule has 2 fully saturated rings. The van der Waals surface area contributed by atoms with E-state index in [1.807, 2.05) is 4.90 Å². The fourth-order valence-corrected chi connectivity index (χ4v) is 3.10. The topological polar surface area (TPSA) is 55.6 Å². The number of carbonyl (C=O) groups excluding carboxylic acids is 1. The molecule has 0 spiro atoms. The molecule has 4 rings (SSSR count). The van der Waals surface area contributed by atoms with Gasteiger partial charge in [0.1, 0.15) is 5.82 Å². The zero-order chi connectivity index (χ0) is 16.5. The van der Waals surface area contributed by atoms with Gasteiger partial charge in [0.05, 0.1) is 12.2 Å². The van der Waals surface area contributed by atoms with Crippen LogP contribution in [0.3, 0.4) is 0 Å². The van der Waals surface area contributed by atoms with E-state index in [0.29, 0.717) is 24.6 Å². The second-order valence-corrected chi connectivity index (χ2v) is 6.47. The number of hydrogen-bond acceptors (Lipinski definition) is 4. The maximum absolute atomic E-state index is 13.9. The van der Waals surface area contributed by atoms with Gasteiger partial charge in [-0.2, -0.15) is 0 Å².